The van der Waals surface area contributed by atoms with E-state index in [9.17, 15) is 9.90 Å². The lowest BCUT2D eigenvalue weighted by Crippen LogP contribution is -2.42. The minimum absolute atomic E-state index is 0.0227. The number of carbonyl (C=O) groups excluding carboxylic acids is 1. The molecule has 0 heterocycles. The van der Waals surface area contributed by atoms with E-state index in [0.29, 0.717) is 26.2 Å². The van der Waals surface area contributed by atoms with E-state index in [4.69, 9.17) is 4.74 Å². The summed E-state index contributed by atoms with van der Waals surface area (Å²) in [7, 11) is 0. The second-order valence-electron chi connectivity index (χ2n) is 4.56. The SMILES string of the molecule is CCNC(=O)CN(CC)CC(O)COc1ccccc1. The number of carbonyl (C=O) groups is 1. The van der Waals surface area contributed by atoms with E-state index in [-0.39, 0.29) is 12.5 Å². The van der Waals surface area contributed by atoms with Crippen LogP contribution in [-0.2, 0) is 4.79 Å². The highest BCUT2D eigenvalue weighted by atomic mass is 16.5. The van der Waals surface area contributed by atoms with Gasteiger partial charge in [0.05, 0.1) is 6.54 Å². The minimum atomic E-state index is -0.621. The average molecular weight is 280 g/mol. The van der Waals surface area contributed by atoms with Crippen molar-refractivity contribution in [2.75, 3.05) is 32.8 Å². The highest BCUT2D eigenvalue weighted by molar-refractivity contribution is 5.77. The molecule has 112 valence electrons. The molecule has 0 bridgehead atoms. The second kappa shape index (κ2) is 9.34. The van der Waals surface area contributed by atoms with E-state index >= 15 is 0 Å². The molecule has 2 N–H and O–H groups in total. The van der Waals surface area contributed by atoms with Crippen molar-refractivity contribution in [3.05, 3.63) is 30.3 Å². The van der Waals surface area contributed by atoms with Crippen LogP contribution in [0, 0.1) is 0 Å². The number of hydrogen-bond acceptors (Lipinski definition) is 4. The number of ether oxygens (including phenoxy) is 1. The van der Waals surface area contributed by atoms with Gasteiger partial charge in [-0.2, -0.15) is 0 Å². The Kier molecular flexibility index (Phi) is 7.69. The molecule has 0 aromatic heterocycles. The van der Waals surface area contributed by atoms with Gasteiger partial charge in [-0.15, -0.1) is 0 Å². The van der Waals surface area contributed by atoms with E-state index in [2.05, 4.69) is 5.32 Å². The van der Waals surface area contributed by atoms with Gasteiger partial charge >= 0.3 is 0 Å². The van der Waals surface area contributed by atoms with Gasteiger partial charge in [-0.3, -0.25) is 9.69 Å². The average Bonchev–Trinajstić information content (AvgIpc) is 2.45. The Bertz CT molecular complexity index is 384. The highest BCUT2D eigenvalue weighted by Crippen LogP contribution is 2.08. The molecule has 1 rings (SSSR count). The quantitative estimate of drug-likeness (QED) is 0.705. The van der Waals surface area contributed by atoms with Crippen LogP contribution in [0.4, 0.5) is 0 Å². The molecule has 1 aromatic carbocycles. The zero-order valence-corrected chi connectivity index (χ0v) is 12.2. The van der Waals surface area contributed by atoms with Gasteiger partial charge in [0, 0.05) is 13.1 Å². The number of rotatable bonds is 9. The maximum Gasteiger partial charge on any atom is 0.234 e. The van der Waals surface area contributed by atoms with Gasteiger partial charge in [0.2, 0.25) is 5.91 Å². The smallest absolute Gasteiger partial charge is 0.234 e. The molecule has 1 aromatic rings. The molecular formula is C15H24N2O3. The van der Waals surface area contributed by atoms with Crippen LogP contribution in [0.25, 0.3) is 0 Å². The first-order valence-corrected chi connectivity index (χ1v) is 7.00. The summed E-state index contributed by atoms with van der Waals surface area (Å²) in [5.74, 6) is 0.712. The van der Waals surface area contributed by atoms with Crippen LogP contribution >= 0.6 is 0 Å². The third-order valence-corrected chi connectivity index (χ3v) is 2.84. The Morgan fingerprint density at radius 1 is 1.35 bits per heavy atom. The second-order valence-corrected chi connectivity index (χ2v) is 4.56. The van der Waals surface area contributed by atoms with Gasteiger partial charge in [0.1, 0.15) is 18.5 Å². The van der Waals surface area contributed by atoms with E-state index in [1.807, 2.05) is 49.1 Å². The Morgan fingerprint density at radius 3 is 2.65 bits per heavy atom. The fraction of sp³-hybridized carbons (Fsp3) is 0.533. The molecule has 1 amide bonds. The molecule has 0 radical (unpaired) electrons. The van der Waals surface area contributed by atoms with Crippen molar-refractivity contribution >= 4 is 5.91 Å². The summed E-state index contributed by atoms with van der Waals surface area (Å²) in [6, 6.07) is 9.37. The molecule has 1 atom stereocenters. The van der Waals surface area contributed by atoms with Gasteiger partial charge in [-0.25, -0.2) is 0 Å². The number of para-hydroxylation sites is 1. The first kappa shape index (κ1) is 16.5. The van der Waals surface area contributed by atoms with Crippen LogP contribution in [0.3, 0.4) is 0 Å². The Labute approximate surface area is 120 Å². The Morgan fingerprint density at radius 2 is 2.05 bits per heavy atom. The molecule has 5 nitrogen and oxygen atoms in total. The van der Waals surface area contributed by atoms with Crippen molar-refractivity contribution in [3.8, 4) is 5.75 Å². The summed E-state index contributed by atoms with van der Waals surface area (Å²) >= 11 is 0. The molecule has 0 saturated carbocycles. The number of amides is 1. The van der Waals surface area contributed by atoms with Crippen molar-refractivity contribution in [1.29, 1.82) is 0 Å². The summed E-state index contributed by atoms with van der Waals surface area (Å²) < 4.78 is 5.49. The minimum Gasteiger partial charge on any atom is -0.491 e. The number of aliphatic hydroxyl groups excluding tert-OH is 1. The monoisotopic (exact) mass is 280 g/mol. The topological polar surface area (TPSA) is 61.8 Å². The molecule has 0 aliphatic rings. The number of hydrogen-bond donors (Lipinski definition) is 2. The van der Waals surface area contributed by atoms with Crippen LogP contribution in [0.2, 0.25) is 0 Å². The lowest BCUT2D eigenvalue weighted by atomic mass is 10.3. The number of nitrogens with zero attached hydrogens (tertiary/aromatic N) is 1. The molecule has 0 fully saturated rings. The van der Waals surface area contributed by atoms with E-state index in [1.54, 1.807) is 0 Å². The van der Waals surface area contributed by atoms with Crippen LogP contribution in [0.1, 0.15) is 13.8 Å². The van der Waals surface area contributed by atoms with Gasteiger partial charge in [-0.1, -0.05) is 25.1 Å². The van der Waals surface area contributed by atoms with Crippen molar-refractivity contribution in [3.63, 3.8) is 0 Å². The standard InChI is InChI=1S/C15H24N2O3/c1-3-16-15(19)11-17(4-2)10-13(18)12-20-14-8-6-5-7-9-14/h5-9,13,18H,3-4,10-12H2,1-2H3,(H,16,19). The molecule has 0 aliphatic heterocycles. The van der Waals surface area contributed by atoms with E-state index in [1.165, 1.54) is 0 Å². The van der Waals surface area contributed by atoms with Crippen molar-refractivity contribution in [2.24, 2.45) is 0 Å². The molecule has 1 unspecified atom stereocenters. The predicted octanol–water partition coefficient (Wildman–Crippen LogP) is 0.884. The third kappa shape index (κ3) is 6.54. The van der Waals surface area contributed by atoms with Crippen molar-refractivity contribution < 1.29 is 14.6 Å². The lowest BCUT2D eigenvalue weighted by Gasteiger charge is -2.23. The number of nitrogens with one attached hydrogen (secondary N) is 1. The van der Waals surface area contributed by atoms with Crippen LogP contribution < -0.4 is 10.1 Å². The maximum absolute atomic E-state index is 11.5. The molecular weight excluding hydrogens is 256 g/mol. The number of benzene rings is 1. The fourth-order valence-electron chi connectivity index (χ4n) is 1.82. The Hall–Kier alpha value is -1.59. The summed E-state index contributed by atoms with van der Waals surface area (Å²) in [6.07, 6.45) is -0.621. The number of aliphatic hydroxyl groups is 1. The van der Waals surface area contributed by atoms with Crippen molar-refractivity contribution in [1.82, 2.24) is 10.2 Å². The summed E-state index contributed by atoms with van der Waals surface area (Å²) in [6.45, 7) is 6.11. The predicted molar refractivity (Wildman–Crippen MR) is 78.7 cm³/mol. The van der Waals surface area contributed by atoms with Crippen LogP contribution in [-0.4, -0.2) is 54.8 Å². The van der Waals surface area contributed by atoms with Gasteiger partial charge in [0.25, 0.3) is 0 Å². The molecule has 5 heteroatoms. The van der Waals surface area contributed by atoms with Gasteiger partial charge in [-0.05, 0) is 25.6 Å². The lowest BCUT2D eigenvalue weighted by molar-refractivity contribution is -0.122. The maximum atomic E-state index is 11.5. The summed E-state index contributed by atoms with van der Waals surface area (Å²) in [5.41, 5.74) is 0. The molecule has 20 heavy (non-hydrogen) atoms. The van der Waals surface area contributed by atoms with Crippen LogP contribution in [0.15, 0.2) is 30.3 Å². The first-order valence-electron chi connectivity index (χ1n) is 7.00. The van der Waals surface area contributed by atoms with Crippen molar-refractivity contribution in [2.45, 2.75) is 20.0 Å². The summed E-state index contributed by atoms with van der Waals surface area (Å²) in [4.78, 5) is 13.4. The zero-order chi connectivity index (χ0) is 14.8. The molecule has 0 spiro atoms. The van der Waals surface area contributed by atoms with Gasteiger partial charge < -0.3 is 15.2 Å². The normalized spacial score (nSPS) is 12.2. The van der Waals surface area contributed by atoms with Gasteiger partial charge in [0.15, 0.2) is 0 Å². The highest BCUT2D eigenvalue weighted by Gasteiger charge is 2.13. The number of likely N-dealkylation sites (N-methyl/N-ethyl adjacent to an activating group) is 2. The molecule has 0 saturated heterocycles. The molecule has 0 aliphatic carbocycles. The summed E-state index contributed by atoms with van der Waals surface area (Å²) in [5, 5.41) is 12.7. The zero-order valence-electron chi connectivity index (χ0n) is 12.2. The Balaban J connectivity index is 2.31. The third-order valence-electron chi connectivity index (χ3n) is 2.84. The fourth-order valence-corrected chi connectivity index (χ4v) is 1.82. The van der Waals surface area contributed by atoms with E-state index < -0.39 is 6.10 Å². The van der Waals surface area contributed by atoms with Crippen LogP contribution in [0.5, 0.6) is 5.75 Å². The first-order chi connectivity index (χ1) is 9.65. The van der Waals surface area contributed by atoms with E-state index in [0.717, 1.165) is 5.75 Å². The largest absolute Gasteiger partial charge is 0.491 e.